The molecule has 0 saturated heterocycles. The molecule has 5 nitrogen and oxygen atoms in total. The van der Waals surface area contributed by atoms with E-state index < -0.39 is 18.0 Å². The fourth-order valence-corrected chi connectivity index (χ4v) is 0.944. The number of aliphatic carboxylic acids is 1. The first-order valence-corrected chi connectivity index (χ1v) is 4.77. The van der Waals surface area contributed by atoms with Crippen LogP contribution in [-0.4, -0.2) is 29.2 Å². The summed E-state index contributed by atoms with van der Waals surface area (Å²) in [5.41, 5.74) is 0. The Balaban J connectivity index is 4.02. The number of carbonyl (C=O) groups excluding carboxylic acids is 1. The van der Waals surface area contributed by atoms with Gasteiger partial charge in [-0.15, -0.1) is 6.42 Å². The average molecular weight is 212 g/mol. The molecule has 0 spiro atoms. The topological polar surface area (TPSA) is 78.4 Å². The smallest absolute Gasteiger partial charge is 0.325 e. The first-order chi connectivity index (χ1) is 7.01. The summed E-state index contributed by atoms with van der Waals surface area (Å²) in [7, 11) is 0. The fraction of sp³-hybridized carbons (Fsp3) is 0.600. The summed E-state index contributed by atoms with van der Waals surface area (Å²) in [4.78, 5) is 21.7. The van der Waals surface area contributed by atoms with Gasteiger partial charge in [0.1, 0.15) is 6.04 Å². The molecule has 2 amide bonds. The number of nitrogens with one attached hydrogen (secondary N) is 2. The highest BCUT2D eigenvalue weighted by Crippen LogP contribution is 1.94. The lowest BCUT2D eigenvalue weighted by Crippen LogP contribution is -2.47. The number of rotatable bonds is 5. The van der Waals surface area contributed by atoms with Crippen LogP contribution in [0.2, 0.25) is 0 Å². The summed E-state index contributed by atoms with van der Waals surface area (Å²) < 4.78 is 0. The van der Waals surface area contributed by atoms with E-state index in [9.17, 15) is 9.59 Å². The van der Waals surface area contributed by atoms with E-state index in [1.165, 1.54) is 6.92 Å². The maximum absolute atomic E-state index is 11.2. The first-order valence-electron chi connectivity index (χ1n) is 4.77. The minimum absolute atomic E-state index is 0.351. The number of terminal acetylenes is 1. The number of carboxylic acids is 1. The summed E-state index contributed by atoms with van der Waals surface area (Å²) in [5.74, 6) is 1.33. The number of hydrogen-bond donors (Lipinski definition) is 3. The minimum atomic E-state index is -1.09. The van der Waals surface area contributed by atoms with Crippen LogP contribution in [-0.2, 0) is 4.79 Å². The Morgan fingerprint density at radius 1 is 1.47 bits per heavy atom. The van der Waals surface area contributed by atoms with Crippen LogP contribution in [0.4, 0.5) is 4.79 Å². The highest BCUT2D eigenvalue weighted by atomic mass is 16.4. The SMILES string of the molecule is C#CC(CCC)NC(=O)NC(C)C(=O)O. The molecule has 0 aromatic heterocycles. The maximum Gasteiger partial charge on any atom is 0.325 e. The van der Waals surface area contributed by atoms with Crippen molar-refractivity contribution in [2.45, 2.75) is 38.8 Å². The summed E-state index contributed by atoms with van der Waals surface area (Å²) in [5, 5.41) is 13.3. The van der Waals surface area contributed by atoms with Gasteiger partial charge in [-0.05, 0) is 13.3 Å². The van der Waals surface area contributed by atoms with Crippen molar-refractivity contribution in [3.05, 3.63) is 0 Å². The van der Waals surface area contributed by atoms with E-state index >= 15 is 0 Å². The lowest BCUT2D eigenvalue weighted by atomic mass is 10.2. The molecule has 0 aliphatic heterocycles. The van der Waals surface area contributed by atoms with Crippen LogP contribution < -0.4 is 10.6 Å². The highest BCUT2D eigenvalue weighted by Gasteiger charge is 2.15. The van der Waals surface area contributed by atoms with E-state index in [1.807, 2.05) is 6.92 Å². The van der Waals surface area contributed by atoms with E-state index in [0.717, 1.165) is 6.42 Å². The third-order valence-corrected chi connectivity index (χ3v) is 1.80. The van der Waals surface area contributed by atoms with Gasteiger partial charge in [0.25, 0.3) is 0 Å². The van der Waals surface area contributed by atoms with Gasteiger partial charge < -0.3 is 15.7 Å². The van der Waals surface area contributed by atoms with Crippen LogP contribution in [0, 0.1) is 12.3 Å². The Morgan fingerprint density at radius 2 is 2.07 bits per heavy atom. The van der Waals surface area contributed by atoms with Crippen molar-refractivity contribution < 1.29 is 14.7 Å². The van der Waals surface area contributed by atoms with Crippen LogP contribution in [0.25, 0.3) is 0 Å². The molecule has 3 N–H and O–H groups in total. The average Bonchev–Trinajstić information content (AvgIpc) is 2.16. The summed E-state index contributed by atoms with van der Waals surface area (Å²) in [6.45, 7) is 3.33. The molecule has 0 aliphatic carbocycles. The molecule has 0 saturated carbocycles. The number of carboxylic acid groups (broad SMARTS) is 1. The Hall–Kier alpha value is -1.70. The van der Waals surface area contributed by atoms with Crippen molar-refractivity contribution in [3.63, 3.8) is 0 Å². The zero-order valence-electron chi connectivity index (χ0n) is 8.91. The number of urea groups is 1. The van der Waals surface area contributed by atoms with E-state index in [2.05, 4.69) is 16.6 Å². The molecule has 0 fully saturated rings. The summed E-state index contributed by atoms with van der Waals surface area (Å²) >= 11 is 0. The third-order valence-electron chi connectivity index (χ3n) is 1.80. The lowest BCUT2D eigenvalue weighted by Gasteiger charge is -2.14. The van der Waals surface area contributed by atoms with Gasteiger partial charge in [-0.2, -0.15) is 0 Å². The molecule has 2 unspecified atom stereocenters. The van der Waals surface area contributed by atoms with Gasteiger partial charge in [0.2, 0.25) is 0 Å². The van der Waals surface area contributed by atoms with Gasteiger partial charge in [-0.1, -0.05) is 19.3 Å². The molecule has 0 aliphatic rings. The predicted molar refractivity (Wildman–Crippen MR) is 56.3 cm³/mol. The molecular weight excluding hydrogens is 196 g/mol. The summed E-state index contributed by atoms with van der Waals surface area (Å²) in [6.07, 6.45) is 6.71. The van der Waals surface area contributed by atoms with Crippen molar-refractivity contribution in [1.29, 1.82) is 0 Å². The van der Waals surface area contributed by atoms with Crippen LogP contribution in [0.5, 0.6) is 0 Å². The van der Waals surface area contributed by atoms with Crippen LogP contribution in [0.3, 0.4) is 0 Å². The highest BCUT2D eigenvalue weighted by molar-refractivity contribution is 5.82. The van der Waals surface area contributed by atoms with Gasteiger partial charge in [-0.25, -0.2) is 4.79 Å². The second-order valence-corrected chi connectivity index (χ2v) is 3.19. The van der Waals surface area contributed by atoms with Crippen molar-refractivity contribution in [3.8, 4) is 12.3 Å². The monoisotopic (exact) mass is 212 g/mol. The minimum Gasteiger partial charge on any atom is -0.480 e. The van der Waals surface area contributed by atoms with Crippen LogP contribution >= 0.6 is 0 Å². The Kier molecular flexibility index (Phi) is 5.95. The van der Waals surface area contributed by atoms with Crippen molar-refractivity contribution in [2.24, 2.45) is 0 Å². The fourth-order valence-electron chi connectivity index (χ4n) is 0.944. The first kappa shape index (κ1) is 13.3. The van der Waals surface area contributed by atoms with E-state index in [-0.39, 0.29) is 6.04 Å². The molecule has 15 heavy (non-hydrogen) atoms. The van der Waals surface area contributed by atoms with Crippen LogP contribution in [0.15, 0.2) is 0 Å². The molecule has 0 aromatic carbocycles. The number of hydrogen-bond acceptors (Lipinski definition) is 2. The second-order valence-electron chi connectivity index (χ2n) is 3.19. The zero-order valence-corrected chi connectivity index (χ0v) is 8.91. The van der Waals surface area contributed by atoms with Crippen molar-refractivity contribution in [2.75, 3.05) is 0 Å². The molecule has 5 heteroatoms. The second kappa shape index (κ2) is 6.71. The number of carbonyl (C=O) groups is 2. The van der Waals surface area contributed by atoms with Gasteiger partial charge in [0.15, 0.2) is 0 Å². The third kappa shape index (κ3) is 5.57. The summed E-state index contributed by atoms with van der Waals surface area (Å²) in [6, 6.07) is -1.83. The van der Waals surface area contributed by atoms with Gasteiger partial charge in [-0.3, -0.25) is 4.79 Å². The van der Waals surface area contributed by atoms with E-state index in [0.29, 0.717) is 6.42 Å². The van der Waals surface area contributed by atoms with Gasteiger partial charge in [0.05, 0.1) is 6.04 Å². The largest absolute Gasteiger partial charge is 0.480 e. The Labute approximate surface area is 89.2 Å². The molecular formula is C10H16N2O3. The molecule has 0 aromatic rings. The molecule has 0 radical (unpaired) electrons. The molecule has 84 valence electrons. The van der Waals surface area contributed by atoms with Crippen molar-refractivity contribution >= 4 is 12.0 Å². The predicted octanol–water partition coefficient (Wildman–Crippen LogP) is 0.561. The zero-order chi connectivity index (χ0) is 11.8. The molecule has 0 heterocycles. The van der Waals surface area contributed by atoms with Crippen molar-refractivity contribution in [1.82, 2.24) is 10.6 Å². The molecule has 0 bridgehead atoms. The molecule has 2 atom stereocenters. The molecule has 0 rings (SSSR count). The Morgan fingerprint density at radius 3 is 2.47 bits per heavy atom. The lowest BCUT2D eigenvalue weighted by molar-refractivity contribution is -0.138. The van der Waals surface area contributed by atoms with Gasteiger partial charge in [0, 0.05) is 0 Å². The quantitative estimate of drug-likeness (QED) is 0.583. The Bertz CT molecular complexity index is 270. The van der Waals surface area contributed by atoms with E-state index in [4.69, 9.17) is 11.5 Å². The standard InChI is InChI=1S/C10H16N2O3/c1-4-6-8(5-2)12-10(15)11-7(3)9(13)14/h2,7-8H,4,6H2,1,3H3,(H,13,14)(H2,11,12,15). The van der Waals surface area contributed by atoms with Crippen LogP contribution in [0.1, 0.15) is 26.7 Å². The maximum atomic E-state index is 11.2. The van der Waals surface area contributed by atoms with Gasteiger partial charge >= 0.3 is 12.0 Å². The normalized spacial score (nSPS) is 13.4. The number of amides is 2. The van der Waals surface area contributed by atoms with E-state index in [1.54, 1.807) is 0 Å².